The lowest BCUT2D eigenvalue weighted by molar-refractivity contribution is 1.08. The van der Waals surface area contributed by atoms with Gasteiger partial charge in [-0.25, -0.2) is 9.97 Å². The molecule has 0 saturated carbocycles. The molecule has 0 aliphatic heterocycles. The third-order valence-corrected chi connectivity index (χ3v) is 12.1. The minimum Gasteiger partial charge on any atom is -0.309 e. The van der Waals surface area contributed by atoms with Crippen molar-refractivity contribution in [2.45, 2.75) is 0 Å². The number of para-hydroxylation sites is 4. The summed E-state index contributed by atoms with van der Waals surface area (Å²) < 4.78 is 7.25. The Morgan fingerprint density at radius 3 is 1.79 bits per heavy atom. The lowest BCUT2D eigenvalue weighted by Gasteiger charge is -2.15. The van der Waals surface area contributed by atoms with E-state index < -0.39 is 0 Å². The number of nitrogens with zero attached hydrogens (tertiary/aromatic N) is 4. The molecule has 0 bridgehead atoms. The van der Waals surface area contributed by atoms with Crippen molar-refractivity contribution in [3.8, 4) is 22.8 Å². The van der Waals surface area contributed by atoms with Gasteiger partial charge in [-0.15, -0.1) is 11.3 Å². The van der Waals surface area contributed by atoms with Crippen LogP contribution in [0.4, 0.5) is 0 Å². The molecule has 0 unspecified atom stereocenters. The average molecular weight is 693 g/mol. The van der Waals surface area contributed by atoms with Gasteiger partial charge in [0.05, 0.1) is 33.1 Å². The second kappa shape index (κ2) is 10.8. The van der Waals surface area contributed by atoms with Gasteiger partial charge in [0.25, 0.3) is 0 Å². The summed E-state index contributed by atoms with van der Waals surface area (Å²) in [4.78, 5) is 11.0. The first-order valence-electron chi connectivity index (χ1n) is 17.9. The maximum Gasteiger partial charge on any atom is 0.165 e. The highest BCUT2D eigenvalue weighted by Gasteiger charge is 2.23. The molecular weight excluding hydrogens is 665 g/mol. The molecule has 0 aliphatic rings. The van der Waals surface area contributed by atoms with Gasteiger partial charge in [-0.2, -0.15) is 0 Å². The van der Waals surface area contributed by atoms with E-state index >= 15 is 0 Å². The van der Waals surface area contributed by atoms with E-state index in [2.05, 4.69) is 167 Å². The summed E-state index contributed by atoms with van der Waals surface area (Å²) in [5, 5.41) is 9.77. The largest absolute Gasteiger partial charge is 0.309 e. The molecule has 246 valence electrons. The standard InChI is InChI=1S/C48H28N4S/c1-2-13-30-27-43-38(26-29(30)12-1)34-25-24-31(51-41-21-8-3-14-32(41)33-15-4-9-22-42(33)51)28-44(34)52(43)48-46(49-39-19-6-7-20-40(39)50-48)37-18-11-17-36-35-16-5-10-23-45(35)53-47(36)37/h1-28H. The molecule has 5 heteroatoms. The smallest absolute Gasteiger partial charge is 0.165 e. The van der Waals surface area contributed by atoms with Crippen LogP contribution < -0.4 is 0 Å². The molecule has 0 aliphatic carbocycles. The van der Waals surface area contributed by atoms with E-state index in [-0.39, 0.29) is 0 Å². The van der Waals surface area contributed by atoms with Crippen molar-refractivity contribution in [3.05, 3.63) is 170 Å². The molecule has 0 amide bonds. The molecule has 4 heterocycles. The molecule has 0 spiro atoms. The topological polar surface area (TPSA) is 35.6 Å². The second-order valence-corrected chi connectivity index (χ2v) is 14.8. The van der Waals surface area contributed by atoms with Gasteiger partial charge in [0, 0.05) is 53.0 Å². The molecule has 12 rings (SSSR count). The summed E-state index contributed by atoms with van der Waals surface area (Å²) in [5.74, 6) is 0.823. The van der Waals surface area contributed by atoms with Crippen molar-refractivity contribution in [3.63, 3.8) is 0 Å². The molecule has 0 radical (unpaired) electrons. The number of aromatic nitrogens is 4. The van der Waals surface area contributed by atoms with Crippen molar-refractivity contribution >= 4 is 96.9 Å². The monoisotopic (exact) mass is 692 g/mol. The molecule has 0 N–H and O–H groups in total. The minimum absolute atomic E-state index is 0.823. The number of rotatable bonds is 3. The lowest BCUT2D eigenvalue weighted by Crippen LogP contribution is -2.04. The van der Waals surface area contributed by atoms with Crippen LogP contribution >= 0.6 is 11.3 Å². The third kappa shape index (κ3) is 4.11. The maximum absolute atomic E-state index is 5.53. The minimum atomic E-state index is 0.823. The van der Waals surface area contributed by atoms with Gasteiger partial charge < -0.3 is 4.57 Å². The van der Waals surface area contributed by atoms with Gasteiger partial charge in [0.1, 0.15) is 5.69 Å². The molecule has 53 heavy (non-hydrogen) atoms. The average Bonchev–Trinajstić information content (AvgIpc) is 3.87. The van der Waals surface area contributed by atoms with Crippen molar-refractivity contribution in [2.24, 2.45) is 0 Å². The van der Waals surface area contributed by atoms with Crippen molar-refractivity contribution < 1.29 is 0 Å². The Morgan fingerprint density at radius 2 is 1.00 bits per heavy atom. The molecule has 4 aromatic heterocycles. The third-order valence-electron chi connectivity index (χ3n) is 10.9. The number of thiophene rings is 1. The van der Waals surface area contributed by atoms with Crippen molar-refractivity contribution in [2.75, 3.05) is 0 Å². The van der Waals surface area contributed by atoms with Crippen LogP contribution in [0.15, 0.2) is 170 Å². The summed E-state index contributed by atoms with van der Waals surface area (Å²) in [6.45, 7) is 0. The van der Waals surface area contributed by atoms with E-state index in [0.29, 0.717) is 0 Å². The van der Waals surface area contributed by atoms with Gasteiger partial charge in [-0.1, -0.05) is 115 Å². The van der Waals surface area contributed by atoms with E-state index in [1.165, 1.54) is 63.5 Å². The zero-order valence-electron chi connectivity index (χ0n) is 28.4. The van der Waals surface area contributed by atoms with E-state index in [4.69, 9.17) is 9.97 Å². The summed E-state index contributed by atoms with van der Waals surface area (Å²) in [6.07, 6.45) is 0. The predicted molar refractivity (Wildman–Crippen MR) is 224 cm³/mol. The fraction of sp³-hybridized carbons (Fsp3) is 0. The molecule has 0 fully saturated rings. The van der Waals surface area contributed by atoms with E-state index in [1.807, 2.05) is 23.5 Å². The fourth-order valence-corrected chi connectivity index (χ4v) is 9.74. The summed E-state index contributed by atoms with van der Waals surface area (Å²) in [5.41, 5.74) is 9.36. The molecule has 4 nitrogen and oxygen atoms in total. The highest BCUT2D eigenvalue weighted by atomic mass is 32.1. The van der Waals surface area contributed by atoms with Gasteiger partial charge in [-0.3, -0.25) is 4.57 Å². The molecule has 0 atom stereocenters. The highest BCUT2D eigenvalue weighted by Crippen LogP contribution is 2.44. The zero-order chi connectivity index (χ0) is 34.6. The fourth-order valence-electron chi connectivity index (χ4n) is 8.52. The Kier molecular flexibility index (Phi) is 5.90. The summed E-state index contributed by atoms with van der Waals surface area (Å²) in [7, 11) is 0. The summed E-state index contributed by atoms with van der Waals surface area (Å²) >= 11 is 1.83. The van der Waals surface area contributed by atoms with Gasteiger partial charge in [0.2, 0.25) is 0 Å². The molecule has 12 aromatic rings. The molecule has 8 aromatic carbocycles. The van der Waals surface area contributed by atoms with Crippen LogP contribution in [-0.2, 0) is 0 Å². The number of fused-ring (bicyclic) bond motifs is 11. The Hall–Kier alpha value is -6.82. The Morgan fingerprint density at radius 1 is 0.396 bits per heavy atom. The van der Waals surface area contributed by atoms with E-state index in [9.17, 15) is 0 Å². The Balaban J connectivity index is 1.24. The van der Waals surface area contributed by atoms with Crippen LogP contribution in [-0.4, -0.2) is 19.1 Å². The summed E-state index contributed by atoms with van der Waals surface area (Å²) in [6, 6.07) is 61.1. The number of hydrogen-bond acceptors (Lipinski definition) is 3. The van der Waals surface area contributed by atoms with Crippen LogP contribution in [0.25, 0.3) is 108 Å². The zero-order valence-corrected chi connectivity index (χ0v) is 29.2. The Bertz CT molecular complexity index is 3420. The lowest BCUT2D eigenvalue weighted by atomic mass is 10.1. The molecule has 0 saturated heterocycles. The number of benzene rings is 8. The van der Waals surface area contributed by atoms with Crippen molar-refractivity contribution in [1.29, 1.82) is 0 Å². The first kappa shape index (κ1) is 28.8. The quantitative estimate of drug-likeness (QED) is 0.185. The normalized spacial score (nSPS) is 12.2. The van der Waals surface area contributed by atoms with Crippen LogP contribution in [0.5, 0.6) is 0 Å². The predicted octanol–water partition coefficient (Wildman–Crippen LogP) is 13.0. The van der Waals surface area contributed by atoms with Crippen LogP contribution in [0, 0.1) is 0 Å². The van der Waals surface area contributed by atoms with Crippen LogP contribution in [0.3, 0.4) is 0 Å². The van der Waals surface area contributed by atoms with Gasteiger partial charge >= 0.3 is 0 Å². The number of hydrogen-bond donors (Lipinski definition) is 0. The van der Waals surface area contributed by atoms with Crippen LogP contribution in [0.1, 0.15) is 0 Å². The van der Waals surface area contributed by atoms with E-state index in [1.54, 1.807) is 0 Å². The molecular formula is C48H28N4S. The van der Waals surface area contributed by atoms with E-state index in [0.717, 1.165) is 44.8 Å². The second-order valence-electron chi connectivity index (χ2n) is 13.8. The first-order valence-corrected chi connectivity index (χ1v) is 18.7. The maximum atomic E-state index is 5.53. The van der Waals surface area contributed by atoms with Gasteiger partial charge in [-0.05, 0) is 65.4 Å². The first-order chi connectivity index (χ1) is 26.3. The Labute approximate surface area is 307 Å². The van der Waals surface area contributed by atoms with Crippen molar-refractivity contribution in [1.82, 2.24) is 19.1 Å². The van der Waals surface area contributed by atoms with Crippen LogP contribution in [0.2, 0.25) is 0 Å². The highest BCUT2D eigenvalue weighted by molar-refractivity contribution is 7.26. The SMILES string of the molecule is c1ccc2cc3c(cc2c1)c1ccc(-n2c4ccccc4c4ccccc42)cc1n3-c1nc2ccccc2nc1-c1cccc2c1sc1ccccc12. The van der Waals surface area contributed by atoms with Gasteiger partial charge in [0.15, 0.2) is 5.82 Å².